The van der Waals surface area contributed by atoms with Crippen LogP contribution in [0.25, 0.3) is 0 Å². The number of nitriles is 1. The van der Waals surface area contributed by atoms with E-state index in [2.05, 4.69) is 15.9 Å². The Morgan fingerprint density at radius 3 is 2.61 bits per heavy atom. The van der Waals surface area contributed by atoms with Crippen LogP contribution in [0.15, 0.2) is 16.6 Å². The quantitative estimate of drug-likeness (QED) is 0.885. The van der Waals surface area contributed by atoms with E-state index in [-0.39, 0.29) is 9.50 Å². The Morgan fingerprint density at radius 2 is 2.11 bits per heavy atom. The van der Waals surface area contributed by atoms with Crippen LogP contribution in [0.4, 0.5) is 18.9 Å². The highest BCUT2D eigenvalue weighted by Gasteiger charge is 2.35. The number of hydrogen-bond donors (Lipinski definition) is 1. The molecule has 0 unspecified atom stereocenters. The molecule has 0 saturated carbocycles. The number of carbonyl (C=O) groups excluding carboxylic acids is 1. The lowest BCUT2D eigenvalue weighted by molar-refractivity contribution is -0.137. The van der Waals surface area contributed by atoms with Gasteiger partial charge in [-0.05, 0) is 28.1 Å². The predicted molar refractivity (Wildman–Crippen MR) is 63.0 cm³/mol. The van der Waals surface area contributed by atoms with E-state index >= 15 is 0 Å². The van der Waals surface area contributed by atoms with Crippen LogP contribution in [-0.4, -0.2) is 5.91 Å². The molecule has 1 amide bonds. The van der Waals surface area contributed by atoms with Crippen LogP contribution in [0.1, 0.15) is 12.0 Å². The predicted octanol–water partition coefficient (Wildman–Crippen LogP) is 3.97. The molecule has 0 spiro atoms. The first-order valence-electron chi connectivity index (χ1n) is 4.48. The first-order chi connectivity index (χ1) is 8.25. The van der Waals surface area contributed by atoms with E-state index in [0.29, 0.717) is 6.07 Å². The highest BCUT2D eigenvalue weighted by atomic mass is 79.9. The Morgan fingerprint density at radius 1 is 1.50 bits per heavy atom. The zero-order valence-electron chi connectivity index (χ0n) is 8.61. The lowest BCUT2D eigenvalue weighted by Gasteiger charge is -2.15. The summed E-state index contributed by atoms with van der Waals surface area (Å²) in [7, 11) is 0. The van der Waals surface area contributed by atoms with E-state index in [1.165, 1.54) is 6.07 Å². The van der Waals surface area contributed by atoms with Crippen molar-refractivity contribution in [2.45, 2.75) is 12.6 Å². The van der Waals surface area contributed by atoms with E-state index in [1.54, 1.807) is 6.07 Å². The van der Waals surface area contributed by atoms with Crippen molar-refractivity contribution < 1.29 is 18.0 Å². The van der Waals surface area contributed by atoms with Crippen LogP contribution in [0.3, 0.4) is 0 Å². The van der Waals surface area contributed by atoms with Gasteiger partial charge in [-0.15, -0.1) is 0 Å². The number of nitrogens with zero attached hydrogens (tertiary/aromatic N) is 1. The van der Waals surface area contributed by atoms with Gasteiger partial charge in [-0.25, -0.2) is 0 Å². The summed E-state index contributed by atoms with van der Waals surface area (Å²) in [6.07, 6.45) is -5.20. The second kappa shape index (κ2) is 5.59. The molecule has 0 aliphatic carbocycles. The molecule has 0 aromatic heterocycles. The van der Waals surface area contributed by atoms with Crippen LogP contribution in [0, 0.1) is 11.3 Å². The van der Waals surface area contributed by atoms with Gasteiger partial charge in [-0.1, -0.05) is 11.6 Å². The number of halogens is 5. The Kier molecular flexibility index (Phi) is 4.59. The summed E-state index contributed by atoms with van der Waals surface area (Å²) >= 11 is 8.42. The number of benzene rings is 1. The zero-order valence-corrected chi connectivity index (χ0v) is 10.9. The number of alkyl halides is 3. The van der Waals surface area contributed by atoms with Crippen molar-refractivity contribution in [1.82, 2.24) is 0 Å². The highest BCUT2D eigenvalue weighted by molar-refractivity contribution is 9.10. The molecule has 1 N–H and O–H groups in total. The maximum atomic E-state index is 12.7. The molecule has 0 fully saturated rings. The maximum Gasteiger partial charge on any atom is 0.418 e. The molecule has 0 heterocycles. The minimum atomic E-state index is -4.66. The molecular formula is C10H5BrClF3N2O. The number of hydrogen-bond acceptors (Lipinski definition) is 2. The summed E-state index contributed by atoms with van der Waals surface area (Å²) in [5.74, 6) is -0.828. The van der Waals surface area contributed by atoms with E-state index < -0.39 is 29.8 Å². The average Bonchev–Trinajstić information content (AvgIpc) is 2.20. The molecule has 0 atom stereocenters. The van der Waals surface area contributed by atoms with Crippen molar-refractivity contribution in [2.24, 2.45) is 0 Å². The number of rotatable bonds is 2. The Labute approximate surface area is 114 Å². The Bertz CT molecular complexity index is 525. The molecule has 0 saturated heterocycles. The van der Waals surface area contributed by atoms with Crippen LogP contribution in [0.2, 0.25) is 5.02 Å². The van der Waals surface area contributed by atoms with Gasteiger partial charge >= 0.3 is 6.18 Å². The van der Waals surface area contributed by atoms with Gasteiger partial charge in [0.25, 0.3) is 0 Å². The molecule has 18 heavy (non-hydrogen) atoms. The van der Waals surface area contributed by atoms with Crippen LogP contribution in [-0.2, 0) is 11.0 Å². The fourth-order valence-corrected chi connectivity index (χ4v) is 2.09. The van der Waals surface area contributed by atoms with Gasteiger partial charge in [0.2, 0.25) is 5.91 Å². The zero-order chi connectivity index (χ0) is 13.9. The second-order valence-electron chi connectivity index (χ2n) is 3.19. The number of amides is 1. The van der Waals surface area contributed by atoms with E-state index in [4.69, 9.17) is 16.9 Å². The molecule has 1 rings (SSSR count). The summed E-state index contributed by atoms with van der Waals surface area (Å²) in [6, 6.07) is 3.47. The molecule has 0 aliphatic heterocycles. The third-order valence-corrected chi connectivity index (χ3v) is 2.71. The van der Waals surface area contributed by atoms with Crippen molar-refractivity contribution in [3.05, 3.63) is 27.2 Å². The third kappa shape index (κ3) is 3.62. The average molecular weight is 342 g/mol. The Hall–Kier alpha value is -1.26. The fourth-order valence-electron chi connectivity index (χ4n) is 1.18. The number of anilines is 1. The largest absolute Gasteiger partial charge is 0.418 e. The summed E-state index contributed by atoms with van der Waals surface area (Å²) in [6.45, 7) is 0. The monoisotopic (exact) mass is 340 g/mol. The third-order valence-electron chi connectivity index (χ3n) is 1.86. The molecule has 0 radical (unpaired) electrons. The normalized spacial score (nSPS) is 10.9. The summed E-state index contributed by atoms with van der Waals surface area (Å²) in [5, 5.41) is 10.2. The topological polar surface area (TPSA) is 52.9 Å². The lowest BCUT2D eigenvalue weighted by atomic mass is 10.1. The summed E-state index contributed by atoms with van der Waals surface area (Å²) in [4.78, 5) is 11.2. The first-order valence-corrected chi connectivity index (χ1v) is 5.66. The standard InChI is InChI=1S/C10H5BrClF3N2O/c11-7-4-5(12)3-6(10(13,14)15)9(7)17-8(18)1-2-16/h3-4H,1H2,(H,17,18). The van der Waals surface area contributed by atoms with Crippen molar-refractivity contribution in [2.75, 3.05) is 5.32 Å². The highest BCUT2D eigenvalue weighted by Crippen LogP contribution is 2.40. The lowest BCUT2D eigenvalue weighted by Crippen LogP contribution is -2.16. The van der Waals surface area contributed by atoms with Crippen LogP contribution < -0.4 is 5.32 Å². The first kappa shape index (κ1) is 14.8. The SMILES string of the molecule is N#CCC(=O)Nc1c(Br)cc(Cl)cc1C(F)(F)F. The van der Waals surface area contributed by atoms with Gasteiger partial charge < -0.3 is 5.32 Å². The molecule has 1 aromatic rings. The minimum Gasteiger partial charge on any atom is -0.324 e. The maximum absolute atomic E-state index is 12.7. The van der Waals surface area contributed by atoms with Gasteiger partial charge in [0.15, 0.2) is 0 Å². The van der Waals surface area contributed by atoms with E-state index in [9.17, 15) is 18.0 Å². The van der Waals surface area contributed by atoms with Gasteiger partial charge in [0, 0.05) is 9.50 Å². The Balaban J connectivity index is 3.25. The van der Waals surface area contributed by atoms with Crippen LogP contribution >= 0.6 is 27.5 Å². The summed E-state index contributed by atoms with van der Waals surface area (Å²) in [5.41, 5.74) is -1.53. The number of nitrogens with one attached hydrogen (secondary N) is 1. The fraction of sp³-hybridized carbons (Fsp3) is 0.200. The molecular weight excluding hydrogens is 336 g/mol. The molecule has 0 bridgehead atoms. The van der Waals surface area contributed by atoms with Crippen molar-refractivity contribution in [3.63, 3.8) is 0 Å². The molecule has 0 aliphatic rings. The van der Waals surface area contributed by atoms with Crippen molar-refractivity contribution in [3.8, 4) is 6.07 Å². The summed E-state index contributed by atoms with van der Waals surface area (Å²) < 4.78 is 38.2. The van der Waals surface area contributed by atoms with E-state index in [1.807, 2.05) is 5.32 Å². The van der Waals surface area contributed by atoms with E-state index in [0.717, 1.165) is 0 Å². The second-order valence-corrected chi connectivity index (χ2v) is 4.48. The van der Waals surface area contributed by atoms with Gasteiger partial charge in [0.1, 0.15) is 6.42 Å². The van der Waals surface area contributed by atoms with Gasteiger partial charge in [0.05, 0.1) is 17.3 Å². The molecule has 96 valence electrons. The molecule has 1 aromatic carbocycles. The minimum absolute atomic E-state index is 0.00591. The smallest absolute Gasteiger partial charge is 0.324 e. The van der Waals surface area contributed by atoms with Crippen LogP contribution in [0.5, 0.6) is 0 Å². The van der Waals surface area contributed by atoms with Gasteiger partial charge in [-0.3, -0.25) is 4.79 Å². The van der Waals surface area contributed by atoms with Crippen molar-refractivity contribution in [1.29, 1.82) is 5.26 Å². The molecule has 3 nitrogen and oxygen atoms in total. The van der Waals surface area contributed by atoms with Gasteiger partial charge in [-0.2, -0.15) is 18.4 Å². The molecule has 8 heteroatoms. The van der Waals surface area contributed by atoms with Crippen molar-refractivity contribution >= 4 is 39.1 Å². The number of carbonyl (C=O) groups is 1.